The Labute approximate surface area is 114 Å². The maximum Gasteiger partial charge on any atom is 0.163 e. The van der Waals surface area contributed by atoms with Crippen LogP contribution in [0.3, 0.4) is 0 Å². The number of rotatable bonds is 12. The van der Waals surface area contributed by atoms with E-state index in [4.69, 9.17) is 23.7 Å². The highest BCUT2D eigenvalue weighted by Crippen LogP contribution is 2.13. The fourth-order valence-electron chi connectivity index (χ4n) is 1.66. The molecule has 0 spiro atoms. The highest BCUT2D eigenvalue weighted by Gasteiger charge is 2.22. The average Bonchev–Trinajstić information content (AvgIpc) is 2.95. The largest absolute Gasteiger partial charge is 0.382 e. The molecule has 0 radical (unpaired) electrons. The molecule has 1 saturated heterocycles. The third-order valence-corrected chi connectivity index (χ3v) is 2.81. The standard InChI is InChI=1S/C13H24O6/c1-15-4-5-16-6-7-17-8-9-19-11-13(14)12-2-3-18-10-12/h12H,2-11H2,1H3. The van der Waals surface area contributed by atoms with Crippen LogP contribution in [-0.4, -0.2) is 72.4 Å². The molecule has 1 fully saturated rings. The predicted octanol–water partition coefficient (Wildman–Crippen LogP) is 0.288. The van der Waals surface area contributed by atoms with E-state index < -0.39 is 0 Å². The maximum atomic E-state index is 11.6. The lowest BCUT2D eigenvalue weighted by Crippen LogP contribution is -2.21. The molecule has 1 atom stereocenters. The van der Waals surface area contributed by atoms with Gasteiger partial charge in [-0.1, -0.05) is 0 Å². The number of carbonyl (C=O) groups excluding carboxylic acids is 1. The molecule has 0 aliphatic carbocycles. The summed E-state index contributed by atoms with van der Waals surface area (Å²) in [7, 11) is 1.64. The third-order valence-electron chi connectivity index (χ3n) is 2.81. The Balaban J connectivity index is 1.79. The van der Waals surface area contributed by atoms with Gasteiger partial charge in [-0.05, 0) is 6.42 Å². The lowest BCUT2D eigenvalue weighted by atomic mass is 10.0. The van der Waals surface area contributed by atoms with Gasteiger partial charge in [-0.15, -0.1) is 0 Å². The van der Waals surface area contributed by atoms with Crippen LogP contribution in [0, 0.1) is 5.92 Å². The van der Waals surface area contributed by atoms with Crippen LogP contribution in [0.15, 0.2) is 0 Å². The molecule has 1 rings (SSSR count). The highest BCUT2D eigenvalue weighted by atomic mass is 16.6. The Kier molecular flexibility index (Phi) is 9.84. The molecule has 0 saturated carbocycles. The monoisotopic (exact) mass is 276 g/mol. The number of carbonyl (C=O) groups is 1. The number of ether oxygens (including phenoxy) is 5. The smallest absolute Gasteiger partial charge is 0.163 e. The summed E-state index contributed by atoms with van der Waals surface area (Å²) in [5, 5.41) is 0. The van der Waals surface area contributed by atoms with E-state index in [0.717, 1.165) is 6.42 Å². The maximum absolute atomic E-state index is 11.6. The van der Waals surface area contributed by atoms with Crippen LogP contribution in [-0.2, 0) is 28.5 Å². The van der Waals surface area contributed by atoms with Crippen molar-refractivity contribution in [2.24, 2.45) is 5.92 Å². The summed E-state index contributed by atoms with van der Waals surface area (Å²) in [6.45, 7) is 4.52. The first-order valence-electron chi connectivity index (χ1n) is 6.67. The van der Waals surface area contributed by atoms with Gasteiger partial charge < -0.3 is 23.7 Å². The Morgan fingerprint density at radius 2 is 1.68 bits per heavy atom. The van der Waals surface area contributed by atoms with Gasteiger partial charge in [0.2, 0.25) is 0 Å². The van der Waals surface area contributed by atoms with E-state index >= 15 is 0 Å². The van der Waals surface area contributed by atoms with Crippen molar-refractivity contribution in [1.29, 1.82) is 0 Å². The molecule has 112 valence electrons. The quantitative estimate of drug-likeness (QED) is 0.477. The minimum Gasteiger partial charge on any atom is -0.382 e. The molecule has 0 N–H and O–H groups in total. The summed E-state index contributed by atoms with van der Waals surface area (Å²) in [6.07, 6.45) is 0.817. The first-order valence-corrected chi connectivity index (χ1v) is 6.67. The summed E-state index contributed by atoms with van der Waals surface area (Å²) in [4.78, 5) is 11.6. The summed E-state index contributed by atoms with van der Waals surface area (Å²) in [5.74, 6) is 0.149. The van der Waals surface area contributed by atoms with E-state index in [2.05, 4.69) is 0 Å². The molecule has 1 aliphatic rings. The third kappa shape index (κ3) is 8.28. The topological polar surface area (TPSA) is 63.2 Å². The number of Topliss-reactive ketones (excluding diaryl/α,β-unsaturated/α-hetero) is 1. The Morgan fingerprint density at radius 3 is 2.26 bits per heavy atom. The van der Waals surface area contributed by atoms with E-state index in [1.807, 2.05) is 0 Å². The van der Waals surface area contributed by atoms with Crippen molar-refractivity contribution in [3.8, 4) is 0 Å². The first kappa shape index (κ1) is 16.5. The van der Waals surface area contributed by atoms with Crippen molar-refractivity contribution in [3.63, 3.8) is 0 Å². The van der Waals surface area contributed by atoms with Gasteiger partial charge in [-0.3, -0.25) is 4.79 Å². The van der Waals surface area contributed by atoms with Crippen LogP contribution < -0.4 is 0 Å². The van der Waals surface area contributed by atoms with E-state index in [-0.39, 0.29) is 18.3 Å². The van der Waals surface area contributed by atoms with Gasteiger partial charge in [0.15, 0.2) is 5.78 Å². The minimum atomic E-state index is 0.0232. The molecule has 1 unspecified atom stereocenters. The second kappa shape index (κ2) is 11.3. The number of methoxy groups -OCH3 is 1. The molecular formula is C13H24O6. The lowest BCUT2D eigenvalue weighted by molar-refractivity contribution is -0.128. The summed E-state index contributed by atoms with van der Waals surface area (Å²) in [6, 6.07) is 0. The average molecular weight is 276 g/mol. The summed E-state index contributed by atoms with van der Waals surface area (Å²) in [5.41, 5.74) is 0. The molecule has 6 heteroatoms. The molecule has 0 bridgehead atoms. The van der Waals surface area contributed by atoms with Crippen LogP contribution in [0.25, 0.3) is 0 Å². The molecule has 1 heterocycles. The fraction of sp³-hybridized carbons (Fsp3) is 0.923. The number of ketones is 1. The zero-order valence-electron chi connectivity index (χ0n) is 11.6. The molecule has 0 aromatic heterocycles. The van der Waals surface area contributed by atoms with Gasteiger partial charge in [-0.25, -0.2) is 0 Å². The van der Waals surface area contributed by atoms with Gasteiger partial charge in [0.1, 0.15) is 6.61 Å². The molecule has 19 heavy (non-hydrogen) atoms. The number of hydrogen-bond donors (Lipinski definition) is 0. The van der Waals surface area contributed by atoms with Crippen LogP contribution >= 0.6 is 0 Å². The second-order valence-corrected chi connectivity index (χ2v) is 4.30. The van der Waals surface area contributed by atoms with E-state index in [9.17, 15) is 4.79 Å². The van der Waals surface area contributed by atoms with Gasteiger partial charge in [0.05, 0.1) is 46.2 Å². The molecule has 6 nitrogen and oxygen atoms in total. The SMILES string of the molecule is COCCOCCOCCOCC(=O)C1CCOC1. The van der Waals surface area contributed by atoms with Gasteiger partial charge in [0, 0.05) is 19.6 Å². The van der Waals surface area contributed by atoms with Gasteiger partial charge in [0.25, 0.3) is 0 Å². The van der Waals surface area contributed by atoms with Crippen molar-refractivity contribution in [1.82, 2.24) is 0 Å². The van der Waals surface area contributed by atoms with Crippen molar-refractivity contribution in [2.75, 3.05) is 66.6 Å². The highest BCUT2D eigenvalue weighted by molar-refractivity contribution is 5.82. The molecule has 0 aromatic rings. The van der Waals surface area contributed by atoms with Crippen LogP contribution in [0.1, 0.15) is 6.42 Å². The van der Waals surface area contributed by atoms with E-state index in [1.165, 1.54) is 0 Å². The van der Waals surface area contributed by atoms with Crippen molar-refractivity contribution >= 4 is 5.78 Å². The minimum absolute atomic E-state index is 0.0232. The zero-order valence-corrected chi connectivity index (χ0v) is 11.6. The fourth-order valence-corrected chi connectivity index (χ4v) is 1.66. The molecule has 0 aromatic carbocycles. The van der Waals surface area contributed by atoms with E-state index in [0.29, 0.717) is 52.9 Å². The molecule has 1 aliphatic heterocycles. The van der Waals surface area contributed by atoms with Crippen molar-refractivity contribution < 1.29 is 28.5 Å². The van der Waals surface area contributed by atoms with Crippen LogP contribution in [0.4, 0.5) is 0 Å². The summed E-state index contributed by atoms with van der Waals surface area (Å²) >= 11 is 0. The molecule has 0 amide bonds. The van der Waals surface area contributed by atoms with Gasteiger partial charge >= 0.3 is 0 Å². The second-order valence-electron chi connectivity index (χ2n) is 4.30. The van der Waals surface area contributed by atoms with E-state index in [1.54, 1.807) is 7.11 Å². The van der Waals surface area contributed by atoms with Crippen molar-refractivity contribution in [2.45, 2.75) is 6.42 Å². The first-order chi connectivity index (χ1) is 9.34. The Morgan fingerprint density at radius 1 is 1.05 bits per heavy atom. The van der Waals surface area contributed by atoms with Crippen molar-refractivity contribution in [3.05, 3.63) is 0 Å². The Hall–Kier alpha value is -0.530. The Bertz CT molecular complexity index is 227. The number of hydrogen-bond acceptors (Lipinski definition) is 6. The molecular weight excluding hydrogens is 252 g/mol. The predicted molar refractivity (Wildman–Crippen MR) is 68.3 cm³/mol. The van der Waals surface area contributed by atoms with Crippen LogP contribution in [0.5, 0.6) is 0 Å². The van der Waals surface area contributed by atoms with Gasteiger partial charge in [-0.2, -0.15) is 0 Å². The normalized spacial score (nSPS) is 18.9. The zero-order chi connectivity index (χ0) is 13.8. The summed E-state index contributed by atoms with van der Waals surface area (Å²) < 4.78 is 25.8. The van der Waals surface area contributed by atoms with Crippen LogP contribution in [0.2, 0.25) is 0 Å². The lowest BCUT2D eigenvalue weighted by Gasteiger charge is -2.08.